The van der Waals surface area contributed by atoms with Crippen LogP contribution in [0, 0.1) is 20.8 Å². The minimum absolute atomic E-state index is 0.424. The number of nitrogens with zero attached hydrogens (tertiary/aromatic N) is 4. The van der Waals surface area contributed by atoms with Gasteiger partial charge in [0.05, 0.1) is 27.8 Å². The van der Waals surface area contributed by atoms with Gasteiger partial charge < -0.3 is 14.5 Å². The van der Waals surface area contributed by atoms with E-state index in [4.69, 9.17) is 9.98 Å². The molecule has 83 heavy (non-hydrogen) atoms. The zero-order valence-electron chi connectivity index (χ0n) is 46.4. The van der Waals surface area contributed by atoms with Crippen molar-refractivity contribution in [2.24, 2.45) is 9.98 Å². The van der Waals surface area contributed by atoms with Crippen LogP contribution >= 0.6 is 0 Å². The van der Waals surface area contributed by atoms with Crippen LogP contribution in [0.3, 0.4) is 0 Å². The molecule has 14 aromatic rings. The number of benzene rings is 12. The Labute approximate surface area is 483 Å². The van der Waals surface area contributed by atoms with Gasteiger partial charge in [-0.3, -0.25) is 0 Å². The van der Waals surface area contributed by atoms with Crippen LogP contribution in [0.1, 0.15) is 39.5 Å². The zero-order chi connectivity index (χ0) is 55.5. The van der Waals surface area contributed by atoms with Crippen molar-refractivity contribution in [3.05, 3.63) is 312 Å². The normalized spacial score (nSPS) is 13.4. The summed E-state index contributed by atoms with van der Waals surface area (Å²) >= 11 is 0. The lowest BCUT2D eigenvalue weighted by atomic mass is 9.92. The van der Waals surface area contributed by atoms with Crippen LogP contribution in [0.2, 0.25) is 0 Å². The van der Waals surface area contributed by atoms with Gasteiger partial charge in [-0.15, -0.1) is 0 Å². The third kappa shape index (κ3) is 8.82. The second kappa shape index (κ2) is 20.5. The summed E-state index contributed by atoms with van der Waals surface area (Å²) in [6.07, 6.45) is -0.424. The summed E-state index contributed by atoms with van der Waals surface area (Å²) in [5.41, 5.74) is 25.0. The van der Waals surface area contributed by atoms with Crippen LogP contribution in [0.5, 0.6) is 0 Å². The third-order valence-electron chi connectivity index (χ3n) is 16.7. The Morgan fingerprint density at radius 3 is 1.33 bits per heavy atom. The average molecular weight is 1060 g/mol. The van der Waals surface area contributed by atoms with Gasteiger partial charge in [-0.25, -0.2) is 9.98 Å². The maximum Gasteiger partial charge on any atom is 0.159 e. The van der Waals surface area contributed by atoms with Gasteiger partial charge in [0.2, 0.25) is 0 Å². The van der Waals surface area contributed by atoms with Gasteiger partial charge >= 0.3 is 0 Å². The molecule has 1 N–H and O–H groups in total. The molecular formula is C78H57N5. The van der Waals surface area contributed by atoms with Crippen molar-refractivity contribution in [3.8, 4) is 67.0 Å². The fourth-order valence-corrected chi connectivity index (χ4v) is 12.9. The van der Waals surface area contributed by atoms with E-state index in [-0.39, 0.29) is 0 Å². The maximum atomic E-state index is 5.51. The Hall–Kier alpha value is -10.6. The highest BCUT2D eigenvalue weighted by molar-refractivity contribution is 6.16. The zero-order valence-corrected chi connectivity index (χ0v) is 46.4. The number of hydrogen-bond donors (Lipinski definition) is 1. The minimum Gasteiger partial charge on any atom is -0.344 e. The van der Waals surface area contributed by atoms with E-state index >= 15 is 0 Å². The molecule has 0 aliphatic carbocycles. The van der Waals surface area contributed by atoms with Crippen molar-refractivity contribution < 1.29 is 0 Å². The van der Waals surface area contributed by atoms with E-state index in [0.29, 0.717) is 5.84 Å². The quantitative estimate of drug-likeness (QED) is 0.146. The van der Waals surface area contributed by atoms with E-state index in [0.717, 1.165) is 83.9 Å². The largest absolute Gasteiger partial charge is 0.344 e. The molecule has 0 bridgehead atoms. The molecule has 12 aromatic carbocycles. The van der Waals surface area contributed by atoms with Gasteiger partial charge in [0, 0.05) is 49.5 Å². The number of fused-ring (bicyclic) bond motifs is 6. The minimum atomic E-state index is -0.424. The van der Waals surface area contributed by atoms with Crippen molar-refractivity contribution in [1.29, 1.82) is 0 Å². The summed E-state index contributed by atoms with van der Waals surface area (Å²) in [5.74, 6) is 1.41. The van der Waals surface area contributed by atoms with E-state index in [1.54, 1.807) is 0 Å². The number of amidine groups is 2. The van der Waals surface area contributed by atoms with Gasteiger partial charge in [0.25, 0.3) is 0 Å². The number of aryl methyl sites for hydroxylation is 3. The summed E-state index contributed by atoms with van der Waals surface area (Å²) in [6.45, 7) is 6.68. The number of aromatic nitrogens is 2. The van der Waals surface area contributed by atoms with E-state index in [1.165, 1.54) is 66.0 Å². The fraction of sp³-hybridized carbons (Fsp3) is 0.0513. The molecule has 15 rings (SSSR count). The Balaban J connectivity index is 0.972. The molecule has 394 valence electrons. The van der Waals surface area contributed by atoms with Crippen LogP contribution < -0.4 is 5.32 Å². The first kappa shape index (κ1) is 49.4. The third-order valence-corrected chi connectivity index (χ3v) is 16.7. The van der Waals surface area contributed by atoms with Crippen molar-refractivity contribution in [2.45, 2.75) is 26.9 Å². The molecule has 0 spiro atoms. The first-order valence-electron chi connectivity index (χ1n) is 28.6. The second-order valence-corrected chi connectivity index (χ2v) is 22.0. The maximum absolute atomic E-state index is 5.51. The molecule has 2 aromatic heterocycles. The topological polar surface area (TPSA) is 46.6 Å². The average Bonchev–Trinajstić information content (AvgIpc) is 2.86. The van der Waals surface area contributed by atoms with Crippen LogP contribution in [0.4, 0.5) is 0 Å². The molecule has 0 saturated carbocycles. The van der Waals surface area contributed by atoms with Crippen LogP contribution in [0.25, 0.3) is 111 Å². The summed E-state index contributed by atoms with van der Waals surface area (Å²) in [6, 6.07) is 101. The molecule has 0 saturated heterocycles. The molecule has 5 nitrogen and oxygen atoms in total. The highest BCUT2D eigenvalue weighted by Crippen LogP contribution is 2.45. The molecule has 1 unspecified atom stereocenters. The summed E-state index contributed by atoms with van der Waals surface area (Å²) in [7, 11) is 0. The van der Waals surface area contributed by atoms with E-state index in [1.807, 2.05) is 0 Å². The number of aliphatic imine (C=N–C) groups is 2. The van der Waals surface area contributed by atoms with Crippen LogP contribution in [0.15, 0.2) is 289 Å². The van der Waals surface area contributed by atoms with Crippen molar-refractivity contribution in [2.75, 3.05) is 0 Å². The Morgan fingerprint density at radius 2 is 0.771 bits per heavy atom. The molecule has 1 aliphatic heterocycles. The second-order valence-electron chi connectivity index (χ2n) is 22.0. The summed E-state index contributed by atoms with van der Waals surface area (Å²) in [4.78, 5) is 10.9. The van der Waals surface area contributed by atoms with Gasteiger partial charge in [0.15, 0.2) is 5.84 Å². The molecule has 0 radical (unpaired) electrons. The predicted octanol–water partition coefficient (Wildman–Crippen LogP) is 19.6. The van der Waals surface area contributed by atoms with Gasteiger partial charge in [0.1, 0.15) is 12.0 Å². The molecule has 1 aliphatic rings. The highest BCUT2D eigenvalue weighted by Gasteiger charge is 2.27. The van der Waals surface area contributed by atoms with Gasteiger partial charge in [-0.2, -0.15) is 0 Å². The summed E-state index contributed by atoms with van der Waals surface area (Å²) in [5, 5.41) is 8.71. The lowest BCUT2D eigenvalue weighted by Crippen LogP contribution is -2.33. The highest BCUT2D eigenvalue weighted by atomic mass is 15.2. The number of rotatable bonds is 10. The lowest BCUT2D eigenvalue weighted by molar-refractivity contribution is 0.674. The Bertz CT molecular complexity index is 4720. The monoisotopic (exact) mass is 1060 g/mol. The van der Waals surface area contributed by atoms with Crippen LogP contribution in [-0.4, -0.2) is 20.8 Å². The summed E-state index contributed by atoms with van der Waals surface area (Å²) < 4.78 is 4.96. The van der Waals surface area contributed by atoms with E-state index < -0.39 is 6.17 Å². The molecule has 0 amide bonds. The van der Waals surface area contributed by atoms with Gasteiger partial charge in [-0.1, -0.05) is 230 Å². The number of para-hydroxylation sites is 2. The van der Waals surface area contributed by atoms with Crippen LogP contribution in [-0.2, 0) is 0 Å². The van der Waals surface area contributed by atoms with Crippen molar-refractivity contribution in [1.82, 2.24) is 14.5 Å². The molecule has 1 atom stereocenters. The molecule has 5 heteroatoms. The smallest absolute Gasteiger partial charge is 0.159 e. The van der Waals surface area contributed by atoms with Crippen molar-refractivity contribution in [3.63, 3.8) is 0 Å². The van der Waals surface area contributed by atoms with E-state index in [2.05, 4.69) is 314 Å². The van der Waals surface area contributed by atoms with Gasteiger partial charge in [-0.05, 0) is 137 Å². The SMILES string of the molecule is Cc1cc(C)c(-c2ccc3c(c2)c2cc(-n4c5ccccc5c5ccccc54)ccc2n3-c2c(-c3ccccc3)cc(C3=NC(c4ccc(-c5ccccc5)cc4)=NC(c4ccc(-c5ccccc5)cc4)N3)cc2-c2ccccc2)c(C)c1. The molecule has 0 fully saturated rings. The molecular weight excluding hydrogens is 1010 g/mol. The first-order chi connectivity index (χ1) is 40.9. The first-order valence-corrected chi connectivity index (χ1v) is 28.6. The predicted molar refractivity (Wildman–Crippen MR) is 348 cm³/mol. The lowest BCUT2D eigenvalue weighted by Gasteiger charge is -2.26. The standard InChI is InChI=1S/C78H57N5/c1-50-44-51(2)74(52(3)45-50)61-40-42-72-68(46-61)69-49-63(82-70-30-18-16-28-64(70)65-29-17-19-31-71(65)82)41-43-73(69)83(72)75-66(57-24-12-6-13-25-57)47-62(48-67(75)58-26-14-7-15-27-58)78-80-76(59-36-32-55(33-37-59)53-20-8-4-9-21-53)79-77(81-78)60-38-34-56(35-39-60)54-22-10-5-11-23-54/h4-49,76H,1-3H3,(H,79,80,81). The number of hydrogen-bond acceptors (Lipinski definition) is 3. The fourth-order valence-electron chi connectivity index (χ4n) is 12.9. The Morgan fingerprint density at radius 1 is 0.337 bits per heavy atom. The van der Waals surface area contributed by atoms with Crippen molar-refractivity contribution >= 4 is 55.3 Å². The Kier molecular flexibility index (Phi) is 12.2. The van der Waals surface area contributed by atoms with E-state index in [9.17, 15) is 0 Å². The molecule has 3 heterocycles. The number of nitrogens with one attached hydrogen (secondary N) is 1.